The van der Waals surface area contributed by atoms with Gasteiger partial charge in [0.1, 0.15) is 6.04 Å². The van der Waals surface area contributed by atoms with Crippen LogP contribution in [0.2, 0.25) is 0 Å². The average molecular weight is 482 g/mol. The summed E-state index contributed by atoms with van der Waals surface area (Å²) in [6.45, 7) is 5.29. The molecule has 3 aliphatic heterocycles. The predicted molar refractivity (Wildman–Crippen MR) is 141 cm³/mol. The van der Waals surface area contributed by atoms with Crippen molar-refractivity contribution in [2.75, 3.05) is 31.8 Å². The van der Waals surface area contributed by atoms with Gasteiger partial charge in [0.25, 0.3) is 0 Å². The van der Waals surface area contributed by atoms with Crippen LogP contribution >= 0.6 is 0 Å². The van der Waals surface area contributed by atoms with Gasteiger partial charge in [-0.3, -0.25) is 4.98 Å². The van der Waals surface area contributed by atoms with Crippen molar-refractivity contribution in [3.05, 3.63) is 77.0 Å². The number of likely N-dealkylation sites (tertiary alicyclic amines) is 1. The van der Waals surface area contributed by atoms with E-state index >= 15 is 0 Å². The number of hydrogen-bond acceptors (Lipinski definition) is 7. The van der Waals surface area contributed by atoms with Crippen molar-refractivity contribution in [3.63, 3.8) is 0 Å². The van der Waals surface area contributed by atoms with Gasteiger partial charge < -0.3 is 9.64 Å². The quantitative estimate of drug-likeness (QED) is 0.475. The molecule has 0 bridgehead atoms. The molecule has 6 rings (SSSR count). The van der Waals surface area contributed by atoms with E-state index in [4.69, 9.17) is 9.72 Å². The van der Waals surface area contributed by atoms with Crippen molar-refractivity contribution < 1.29 is 9.53 Å². The first kappa shape index (κ1) is 22.9. The Morgan fingerprint density at radius 3 is 2.75 bits per heavy atom. The molecule has 0 N–H and O–H groups in total. The molecule has 3 aromatic rings. The standard InChI is InChI=1S/C29H31N5O2/c1-19-9-10-24-22(6-4-7-25(24)30-19)21-14-17-33(18-15-21)16-13-20-5-3-8-26-23(20)11-12-27-28(29(35)36-2)31-32-34(26)27/h3-12,21,27-28H,13-18H2,1-2H3. The Morgan fingerprint density at radius 2 is 1.92 bits per heavy atom. The molecule has 0 radical (unpaired) electrons. The fourth-order valence-electron chi connectivity index (χ4n) is 5.86. The second-order valence-electron chi connectivity index (χ2n) is 9.95. The smallest absolute Gasteiger partial charge is 0.335 e. The summed E-state index contributed by atoms with van der Waals surface area (Å²) in [5.41, 5.74) is 7.10. The van der Waals surface area contributed by atoms with Crippen molar-refractivity contribution in [2.45, 2.75) is 44.2 Å². The number of pyridine rings is 1. The Kier molecular flexibility index (Phi) is 6.01. The lowest BCUT2D eigenvalue weighted by Gasteiger charge is -2.33. The first-order valence-corrected chi connectivity index (χ1v) is 12.8. The number of hydrogen-bond donors (Lipinski definition) is 0. The highest BCUT2D eigenvalue weighted by Gasteiger charge is 2.40. The number of methoxy groups -OCH3 is 1. The number of nitrogens with zero attached hydrogens (tertiary/aromatic N) is 5. The minimum atomic E-state index is -0.606. The number of fused-ring (bicyclic) bond motifs is 4. The molecule has 0 aliphatic carbocycles. The summed E-state index contributed by atoms with van der Waals surface area (Å²) in [5, 5.41) is 11.6. The van der Waals surface area contributed by atoms with Gasteiger partial charge in [-0.05, 0) is 74.5 Å². The molecule has 36 heavy (non-hydrogen) atoms. The third-order valence-corrected chi connectivity index (χ3v) is 7.83. The minimum absolute atomic E-state index is 0.215. The van der Waals surface area contributed by atoms with E-state index in [9.17, 15) is 4.79 Å². The topological polar surface area (TPSA) is 70.4 Å². The number of piperidine rings is 1. The highest BCUT2D eigenvalue weighted by molar-refractivity contribution is 5.83. The maximum absolute atomic E-state index is 12.1. The summed E-state index contributed by atoms with van der Waals surface area (Å²) in [5.74, 6) is 0.232. The minimum Gasteiger partial charge on any atom is -0.467 e. The number of ether oxygens (including phenoxy) is 1. The van der Waals surface area contributed by atoms with Crippen LogP contribution in [0.1, 0.15) is 41.1 Å². The van der Waals surface area contributed by atoms with E-state index in [2.05, 4.69) is 76.8 Å². The molecular formula is C29H31N5O2. The van der Waals surface area contributed by atoms with Crippen LogP contribution in [-0.4, -0.2) is 54.7 Å². The lowest BCUT2D eigenvalue weighted by Crippen LogP contribution is -2.40. The largest absolute Gasteiger partial charge is 0.467 e. The highest BCUT2D eigenvalue weighted by Crippen LogP contribution is 2.37. The van der Waals surface area contributed by atoms with Crippen LogP contribution in [0.25, 0.3) is 17.0 Å². The molecular weight excluding hydrogens is 450 g/mol. The molecule has 2 unspecified atom stereocenters. The Hall–Kier alpha value is -3.58. The lowest BCUT2D eigenvalue weighted by atomic mass is 9.87. The van der Waals surface area contributed by atoms with E-state index in [1.165, 1.54) is 42.0 Å². The normalized spacial score (nSPS) is 21.6. The Balaban J connectivity index is 1.11. The zero-order valence-corrected chi connectivity index (χ0v) is 20.8. The van der Waals surface area contributed by atoms with Crippen LogP contribution in [0.3, 0.4) is 0 Å². The molecule has 2 atom stereocenters. The van der Waals surface area contributed by atoms with Gasteiger partial charge in [-0.2, -0.15) is 5.11 Å². The van der Waals surface area contributed by atoms with E-state index in [0.717, 1.165) is 43.0 Å². The number of anilines is 1. The number of rotatable bonds is 5. The van der Waals surface area contributed by atoms with Crippen LogP contribution in [0, 0.1) is 6.92 Å². The zero-order chi connectivity index (χ0) is 24.6. The highest BCUT2D eigenvalue weighted by atomic mass is 16.5. The molecule has 2 aromatic carbocycles. The molecule has 0 spiro atoms. The molecule has 7 heteroatoms. The molecule has 1 fully saturated rings. The van der Waals surface area contributed by atoms with E-state index in [-0.39, 0.29) is 12.0 Å². The maximum Gasteiger partial charge on any atom is 0.335 e. The summed E-state index contributed by atoms with van der Waals surface area (Å²) < 4.78 is 4.90. The van der Waals surface area contributed by atoms with Crippen LogP contribution in [0.15, 0.2) is 64.9 Å². The fraction of sp³-hybridized carbons (Fsp3) is 0.379. The van der Waals surface area contributed by atoms with Gasteiger partial charge in [-0.25, -0.2) is 9.80 Å². The van der Waals surface area contributed by atoms with Gasteiger partial charge in [0.05, 0.1) is 18.3 Å². The first-order chi connectivity index (χ1) is 17.6. The maximum atomic E-state index is 12.1. The van der Waals surface area contributed by atoms with Gasteiger partial charge in [-0.1, -0.05) is 47.7 Å². The molecule has 7 nitrogen and oxygen atoms in total. The SMILES string of the molecule is COC(=O)C1N=NN2c3cccc(CCN4CCC(c5cccc6nc(C)ccc56)CC4)c3C=CC12. The summed E-state index contributed by atoms with van der Waals surface area (Å²) >= 11 is 0. The van der Waals surface area contributed by atoms with Crippen LogP contribution < -0.4 is 5.01 Å². The molecule has 0 amide bonds. The number of benzene rings is 2. The molecule has 1 aromatic heterocycles. The monoisotopic (exact) mass is 481 g/mol. The molecule has 0 saturated carbocycles. The van der Waals surface area contributed by atoms with Crippen LogP contribution in [-0.2, 0) is 16.0 Å². The third kappa shape index (κ3) is 4.07. The summed E-state index contributed by atoms with van der Waals surface area (Å²) in [6.07, 6.45) is 7.47. The molecule has 3 aliphatic rings. The Bertz CT molecular complexity index is 1360. The van der Waals surface area contributed by atoms with Crippen molar-refractivity contribution in [1.82, 2.24) is 9.88 Å². The number of aryl methyl sites for hydroxylation is 1. The number of carbonyl (C=O) groups excluding carboxylic acids is 1. The van der Waals surface area contributed by atoms with Crippen LogP contribution in [0.5, 0.6) is 0 Å². The number of carbonyl (C=O) groups is 1. The molecule has 184 valence electrons. The van der Waals surface area contributed by atoms with Crippen molar-refractivity contribution in [2.24, 2.45) is 10.3 Å². The van der Waals surface area contributed by atoms with Gasteiger partial charge in [0.15, 0.2) is 6.04 Å². The van der Waals surface area contributed by atoms with Gasteiger partial charge in [0.2, 0.25) is 0 Å². The molecule has 4 heterocycles. The van der Waals surface area contributed by atoms with E-state index in [1.807, 2.05) is 11.1 Å². The average Bonchev–Trinajstić information content (AvgIpc) is 3.36. The zero-order valence-electron chi connectivity index (χ0n) is 20.8. The molecule has 1 saturated heterocycles. The van der Waals surface area contributed by atoms with E-state index in [0.29, 0.717) is 5.92 Å². The van der Waals surface area contributed by atoms with E-state index < -0.39 is 6.04 Å². The van der Waals surface area contributed by atoms with Gasteiger partial charge in [-0.15, -0.1) is 0 Å². The second-order valence-corrected chi connectivity index (χ2v) is 9.95. The number of aromatic nitrogens is 1. The first-order valence-electron chi connectivity index (χ1n) is 12.8. The van der Waals surface area contributed by atoms with Crippen molar-refractivity contribution >= 4 is 28.6 Å². The fourth-order valence-corrected chi connectivity index (χ4v) is 5.86. The lowest BCUT2D eigenvalue weighted by molar-refractivity contribution is -0.142. The Labute approximate surface area is 211 Å². The van der Waals surface area contributed by atoms with Crippen molar-refractivity contribution in [3.8, 4) is 0 Å². The van der Waals surface area contributed by atoms with E-state index in [1.54, 1.807) is 0 Å². The number of esters is 1. The van der Waals surface area contributed by atoms with Crippen LogP contribution in [0.4, 0.5) is 5.69 Å². The second kappa shape index (κ2) is 9.47. The Morgan fingerprint density at radius 1 is 1.08 bits per heavy atom. The van der Waals surface area contributed by atoms with Gasteiger partial charge >= 0.3 is 5.97 Å². The van der Waals surface area contributed by atoms with Gasteiger partial charge in [0, 0.05) is 23.2 Å². The summed E-state index contributed by atoms with van der Waals surface area (Å²) in [4.78, 5) is 19.4. The third-order valence-electron chi connectivity index (χ3n) is 7.83. The summed E-state index contributed by atoms with van der Waals surface area (Å²) in [6, 6.07) is 16.4. The van der Waals surface area contributed by atoms with Crippen molar-refractivity contribution in [1.29, 1.82) is 0 Å². The predicted octanol–water partition coefficient (Wildman–Crippen LogP) is 5.09. The summed E-state index contributed by atoms with van der Waals surface area (Å²) in [7, 11) is 1.39.